The van der Waals surface area contributed by atoms with Crippen LogP contribution < -0.4 is 10.3 Å². The number of aromatic amines is 1. The second-order valence-electron chi connectivity index (χ2n) is 6.50. The van der Waals surface area contributed by atoms with Crippen LogP contribution in [-0.2, 0) is 6.18 Å². The Morgan fingerprint density at radius 1 is 1.00 bits per heavy atom. The van der Waals surface area contributed by atoms with Gasteiger partial charge in [-0.1, -0.05) is 18.2 Å². The molecule has 0 unspecified atom stereocenters. The van der Waals surface area contributed by atoms with Crippen LogP contribution in [0, 0.1) is 10.1 Å². The van der Waals surface area contributed by atoms with Gasteiger partial charge in [0.15, 0.2) is 0 Å². The number of nitro benzene ring substituents is 1. The summed E-state index contributed by atoms with van der Waals surface area (Å²) in [6, 6.07) is 14.2. The van der Waals surface area contributed by atoms with Crippen LogP contribution in [-0.4, -0.2) is 14.9 Å². The minimum Gasteiger partial charge on any atom is -0.457 e. The Hall–Kier alpha value is -4.21. The van der Waals surface area contributed by atoms with Crippen molar-refractivity contribution in [3.05, 3.63) is 92.8 Å². The van der Waals surface area contributed by atoms with Crippen LogP contribution in [0.2, 0.25) is 0 Å². The maximum absolute atomic E-state index is 13.0. The van der Waals surface area contributed by atoms with E-state index in [1.807, 2.05) is 0 Å². The molecule has 31 heavy (non-hydrogen) atoms. The molecule has 0 amide bonds. The number of rotatable bonds is 4. The zero-order valence-electron chi connectivity index (χ0n) is 15.5. The van der Waals surface area contributed by atoms with Crippen molar-refractivity contribution in [2.24, 2.45) is 0 Å². The minimum absolute atomic E-state index is 0.0108. The number of nitrogens with one attached hydrogen (secondary N) is 1. The Morgan fingerprint density at radius 3 is 2.52 bits per heavy atom. The molecule has 7 nitrogen and oxygen atoms in total. The molecule has 1 heterocycles. The number of fused-ring (bicyclic) bond motifs is 1. The van der Waals surface area contributed by atoms with Gasteiger partial charge in [-0.25, -0.2) is 4.98 Å². The van der Waals surface area contributed by atoms with Gasteiger partial charge in [0, 0.05) is 12.1 Å². The molecule has 0 atom stereocenters. The van der Waals surface area contributed by atoms with E-state index in [0.29, 0.717) is 10.9 Å². The quantitative estimate of drug-likeness (QED) is 0.352. The van der Waals surface area contributed by atoms with Crippen molar-refractivity contribution in [2.45, 2.75) is 6.18 Å². The number of hydrogen-bond acceptors (Lipinski definition) is 5. The molecule has 0 aliphatic rings. The lowest BCUT2D eigenvalue weighted by molar-refractivity contribution is -0.384. The molecular weight excluding hydrogens is 415 g/mol. The smallest absolute Gasteiger partial charge is 0.416 e. The summed E-state index contributed by atoms with van der Waals surface area (Å²) in [5, 5.41) is 11.6. The Kier molecular flexibility index (Phi) is 4.90. The van der Waals surface area contributed by atoms with Crippen LogP contribution in [0.5, 0.6) is 11.5 Å². The molecule has 1 aromatic heterocycles. The third-order valence-electron chi connectivity index (χ3n) is 4.43. The number of non-ortho nitro benzene ring substituents is 1. The maximum Gasteiger partial charge on any atom is 0.416 e. The second kappa shape index (κ2) is 7.56. The van der Waals surface area contributed by atoms with Crippen LogP contribution >= 0.6 is 0 Å². The van der Waals surface area contributed by atoms with E-state index in [9.17, 15) is 28.1 Å². The number of nitrogens with zero attached hydrogens (tertiary/aromatic N) is 2. The van der Waals surface area contributed by atoms with Crippen molar-refractivity contribution in [2.75, 3.05) is 0 Å². The topological polar surface area (TPSA) is 98.1 Å². The number of halogens is 3. The number of nitro groups is 1. The molecular formula is C21H12F3N3O4. The summed E-state index contributed by atoms with van der Waals surface area (Å²) in [5.74, 6) is -0.161. The number of hydrogen-bond donors (Lipinski definition) is 1. The average Bonchev–Trinajstić information content (AvgIpc) is 2.73. The third-order valence-corrected chi connectivity index (χ3v) is 4.43. The normalized spacial score (nSPS) is 11.5. The largest absolute Gasteiger partial charge is 0.457 e. The first-order chi connectivity index (χ1) is 14.7. The summed E-state index contributed by atoms with van der Waals surface area (Å²) >= 11 is 0. The fourth-order valence-corrected chi connectivity index (χ4v) is 2.98. The summed E-state index contributed by atoms with van der Waals surface area (Å²) in [6.07, 6.45) is -4.57. The van der Waals surface area contributed by atoms with E-state index in [0.717, 1.165) is 24.3 Å². The van der Waals surface area contributed by atoms with Crippen molar-refractivity contribution in [3.8, 4) is 22.9 Å². The highest BCUT2D eigenvalue weighted by Gasteiger charge is 2.30. The molecule has 3 aromatic carbocycles. The predicted octanol–water partition coefficient (Wildman–Crippen LogP) is 5.31. The number of para-hydroxylation sites is 1. The number of ether oxygens (including phenoxy) is 1. The van der Waals surface area contributed by atoms with Crippen LogP contribution in [0.25, 0.3) is 22.3 Å². The van der Waals surface area contributed by atoms with Crippen molar-refractivity contribution in [1.29, 1.82) is 0 Å². The van der Waals surface area contributed by atoms with Crippen LogP contribution in [0.15, 0.2) is 71.5 Å². The van der Waals surface area contributed by atoms with Crippen LogP contribution in [0.4, 0.5) is 18.9 Å². The molecule has 0 radical (unpaired) electrons. The first-order valence-electron chi connectivity index (χ1n) is 8.85. The van der Waals surface area contributed by atoms with Gasteiger partial charge in [-0.3, -0.25) is 14.9 Å². The lowest BCUT2D eigenvalue weighted by atomic mass is 10.1. The van der Waals surface area contributed by atoms with E-state index < -0.39 is 22.2 Å². The molecule has 4 rings (SSSR count). The van der Waals surface area contributed by atoms with Crippen molar-refractivity contribution in [1.82, 2.24) is 9.97 Å². The minimum atomic E-state index is -4.57. The van der Waals surface area contributed by atoms with Gasteiger partial charge in [0.05, 0.1) is 27.0 Å². The van der Waals surface area contributed by atoms with E-state index in [-0.39, 0.29) is 28.6 Å². The molecule has 0 saturated carbocycles. The van der Waals surface area contributed by atoms with E-state index in [2.05, 4.69) is 9.97 Å². The Morgan fingerprint density at radius 2 is 1.77 bits per heavy atom. The SMILES string of the molecule is O=c1[nH]c(-c2cc([N+](=O)[O-])ccc2Oc2cccc(C(F)(F)F)c2)nc2ccccc12. The molecule has 0 aliphatic heterocycles. The fourth-order valence-electron chi connectivity index (χ4n) is 2.98. The summed E-state index contributed by atoms with van der Waals surface area (Å²) in [5.41, 5.74) is -1.29. The summed E-state index contributed by atoms with van der Waals surface area (Å²) in [6.45, 7) is 0. The van der Waals surface area contributed by atoms with Gasteiger partial charge < -0.3 is 9.72 Å². The molecule has 0 spiro atoms. The van der Waals surface area contributed by atoms with E-state index in [1.165, 1.54) is 18.2 Å². The number of aromatic nitrogens is 2. The lowest BCUT2D eigenvalue weighted by Crippen LogP contribution is -2.10. The van der Waals surface area contributed by atoms with Crippen LogP contribution in [0.3, 0.4) is 0 Å². The molecule has 0 fully saturated rings. The van der Waals surface area contributed by atoms with Gasteiger partial charge in [0.1, 0.15) is 17.3 Å². The predicted molar refractivity (Wildman–Crippen MR) is 106 cm³/mol. The molecule has 0 bridgehead atoms. The highest BCUT2D eigenvalue weighted by Crippen LogP contribution is 2.37. The average molecular weight is 427 g/mol. The number of benzene rings is 3. The number of alkyl halides is 3. The van der Waals surface area contributed by atoms with Gasteiger partial charge in [-0.15, -0.1) is 0 Å². The molecule has 4 aromatic rings. The van der Waals surface area contributed by atoms with E-state index >= 15 is 0 Å². The Bertz CT molecular complexity index is 1370. The lowest BCUT2D eigenvalue weighted by Gasteiger charge is -2.13. The first kappa shape index (κ1) is 20.1. The molecule has 156 valence electrons. The molecule has 10 heteroatoms. The third kappa shape index (κ3) is 4.08. The summed E-state index contributed by atoms with van der Waals surface area (Å²) in [7, 11) is 0. The van der Waals surface area contributed by atoms with Crippen LogP contribution in [0.1, 0.15) is 5.56 Å². The molecule has 0 saturated heterocycles. The Labute approximate surface area is 171 Å². The fraction of sp³-hybridized carbons (Fsp3) is 0.0476. The molecule has 1 N–H and O–H groups in total. The van der Waals surface area contributed by atoms with Gasteiger partial charge in [0.2, 0.25) is 0 Å². The van der Waals surface area contributed by atoms with Crippen molar-refractivity contribution >= 4 is 16.6 Å². The van der Waals surface area contributed by atoms with Crippen molar-refractivity contribution < 1.29 is 22.8 Å². The summed E-state index contributed by atoms with van der Waals surface area (Å²) < 4.78 is 44.6. The van der Waals surface area contributed by atoms with E-state index in [4.69, 9.17) is 4.74 Å². The monoisotopic (exact) mass is 427 g/mol. The second-order valence-corrected chi connectivity index (χ2v) is 6.50. The zero-order valence-corrected chi connectivity index (χ0v) is 15.5. The zero-order chi connectivity index (χ0) is 22.2. The van der Waals surface area contributed by atoms with Gasteiger partial charge in [0.25, 0.3) is 11.2 Å². The number of H-pyrrole nitrogens is 1. The van der Waals surface area contributed by atoms with Gasteiger partial charge in [-0.2, -0.15) is 13.2 Å². The highest BCUT2D eigenvalue weighted by molar-refractivity contribution is 5.80. The van der Waals surface area contributed by atoms with Gasteiger partial charge >= 0.3 is 6.18 Å². The summed E-state index contributed by atoms with van der Waals surface area (Å²) in [4.78, 5) is 29.9. The Balaban J connectivity index is 1.86. The van der Waals surface area contributed by atoms with Gasteiger partial charge in [-0.05, 0) is 36.4 Å². The van der Waals surface area contributed by atoms with Crippen molar-refractivity contribution in [3.63, 3.8) is 0 Å². The first-order valence-corrected chi connectivity index (χ1v) is 8.85. The standard InChI is InChI=1S/C21H12F3N3O4/c22-21(23,24)12-4-3-5-14(10-12)31-18-9-8-13(27(29)30)11-16(18)19-25-17-7-2-1-6-15(17)20(28)26-19/h1-11H,(H,25,26,28). The highest BCUT2D eigenvalue weighted by atomic mass is 19.4. The maximum atomic E-state index is 13.0. The molecule has 0 aliphatic carbocycles. The van der Waals surface area contributed by atoms with E-state index in [1.54, 1.807) is 24.3 Å².